The molecule has 0 spiro atoms. The van der Waals surface area contributed by atoms with E-state index < -0.39 is 0 Å². The van der Waals surface area contributed by atoms with Gasteiger partial charge in [-0.3, -0.25) is 0 Å². The first-order valence-electron chi connectivity index (χ1n) is 10.2. The second-order valence-electron chi connectivity index (χ2n) is 7.29. The first-order chi connectivity index (χ1) is 13.7. The van der Waals surface area contributed by atoms with Gasteiger partial charge < -0.3 is 0 Å². The molecule has 4 heteroatoms. The van der Waals surface area contributed by atoms with E-state index in [1.54, 1.807) is 0 Å². The van der Waals surface area contributed by atoms with E-state index in [2.05, 4.69) is 31.2 Å². The SMILES string of the molecule is C[C@H](CCCC1OCCCO1)[Se][C@H](CC(=O)c1ccccc1)c1ccccc1. The van der Waals surface area contributed by atoms with Crippen LogP contribution in [0.4, 0.5) is 0 Å². The van der Waals surface area contributed by atoms with Crippen molar-refractivity contribution in [3.63, 3.8) is 0 Å². The average molecular weight is 445 g/mol. The van der Waals surface area contributed by atoms with Crippen LogP contribution in [0.2, 0.25) is 4.82 Å². The Labute approximate surface area is 175 Å². The van der Waals surface area contributed by atoms with Gasteiger partial charge in [-0.1, -0.05) is 0 Å². The number of hydrogen-bond acceptors (Lipinski definition) is 3. The van der Waals surface area contributed by atoms with Crippen molar-refractivity contribution < 1.29 is 14.3 Å². The zero-order valence-corrected chi connectivity index (χ0v) is 18.3. The standard InChI is InChI=1S/C24H30O3Se/c1-19(10-8-15-24-26-16-9-17-27-24)28-23(21-13-6-3-7-14-21)18-22(25)20-11-4-2-5-12-20/h2-7,11-14,19,23-24H,8-10,15-18H2,1H3/t19-,23-/m1/s1. The minimum absolute atomic E-state index is 0.0157. The molecule has 0 bridgehead atoms. The van der Waals surface area contributed by atoms with Crippen molar-refractivity contribution in [2.75, 3.05) is 13.2 Å². The number of hydrogen-bond donors (Lipinski definition) is 0. The molecule has 1 fully saturated rings. The molecule has 150 valence electrons. The van der Waals surface area contributed by atoms with Gasteiger partial charge in [-0.05, 0) is 0 Å². The quantitative estimate of drug-likeness (QED) is 0.361. The van der Waals surface area contributed by atoms with Crippen LogP contribution >= 0.6 is 0 Å². The third kappa shape index (κ3) is 6.86. The molecule has 1 saturated heterocycles. The summed E-state index contributed by atoms with van der Waals surface area (Å²) in [4.78, 5) is 13.7. The van der Waals surface area contributed by atoms with E-state index in [-0.39, 0.29) is 12.1 Å². The molecule has 0 aliphatic carbocycles. The summed E-state index contributed by atoms with van der Waals surface area (Å²) in [5.74, 6) is 0.243. The Bertz CT molecular complexity index is 698. The van der Waals surface area contributed by atoms with Crippen molar-refractivity contribution in [3.05, 3.63) is 71.8 Å². The Morgan fingerprint density at radius 2 is 1.68 bits per heavy atom. The second kappa shape index (κ2) is 11.5. The van der Waals surface area contributed by atoms with Crippen molar-refractivity contribution in [2.45, 2.75) is 55.0 Å². The van der Waals surface area contributed by atoms with Crippen LogP contribution < -0.4 is 0 Å². The van der Waals surface area contributed by atoms with Crippen LogP contribution in [0.1, 0.15) is 59.8 Å². The second-order valence-corrected chi connectivity index (χ2v) is 10.7. The molecule has 0 aromatic heterocycles. The Morgan fingerprint density at radius 1 is 1.04 bits per heavy atom. The summed E-state index contributed by atoms with van der Waals surface area (Å²) in [6.07, 6.45) is 4.82. The van der Waals surface area contributed by atoms with Gasteiger partial charge in [-0.15, -0.1) is 0 Å². The van der Waals surface area contributed by atoms with Gasteiger partial charge in [0.15, 0.2) is 0 Å². The summed E-state index contributed by atoms with van der Waals surface area (Å²) in [5.41, 5.74) is 2.11. The first kappa shape index (κ1) is 21.3. The van der Waals surface area contributed by atoms with Gasteiger partial charge in [0.2, 0.25) is 0 Å². The van der Waals surface area contributed by atoms with E-state index >= 15 is 0 Å². The maximum absolute atomic E-state index is 12.8. The molecule has 1 aliphatic rings. The van der Waals surface area contributed by atoms with Crippen LogP contribution in [0, 0.1) is 0 Å². The Morgan fingerprint density at radius 3 is 2.36 bits per heavy atom. The summed E-state index contributed by atoms with van der Waals surface area (Å²) in [5, 5.41) is 0. The number of carbonyl (C=O) groups is 1. The van der Waals surface area contributed by atoms with Crippen LogP contribution in [-0.2, 0) is 9.47 Å². The van der Waals surface area contributed by atoms with E-state index in [9.17, 15) is 4.79 Å². The molecule has 2 aromatic rings. The third-order valence-electron chi connectivity index (χ3n) is 4.98. The number of ketones is 1. The fraction of sp³-hybridized carbons (Fsp3) is 0.458. The van der Waals surface area contributed by atoms with Gasteiger partial charge in [-0.25, -0.2) is 0 Å². The van der Waals surface area contributed by atoms with Crippen LogP contribution in [0.5, 0.6) is 0 Å². The number of carbonyl (C=O) groups excluding carboxylic acids is 1. The molecule has 3 rings (SSSR count). The molecule has 0 unspecified atom stereocenters. The third-order valence-corrected chi connectivity index (χ3v) is 8.06. The summed E-state index contributed by atoms with van der Waals surface area (Å²) >= 11 is 0.361. The molecule has 0 amide bonds. The van der Waals surface area contributed by atoms with Gasteiger partial charge >= 0.3 is 175 Å². The summed E-state index contributed by atoms with van der Waals surface area (Å²) in [6.45, 7) is 3.97. The van der Waals surface area contributed by atoms with E-state index in [0.29, 0.717) is 31.0 Å². The number of rotatable bonds is 10. The van der Waals surface area contributed by atoms with Crippen molar-refractivity contribution in [1.82, 2.24) is 0 Å². The van der Waals surface area contributed by atoms with Crippen molar-refractivity contribution in [3.8, 4) is 0 Å². The Hall–Kier alpha value is -1.45. The van der Waals surface area contributed by atoms with Gasteiger partial charge in [0, 0.05) is 0 Å². The predicted octanol–water partition coefficient (Wildman–Crippen LogP) is 5.45. The van der Waals surface area contributed by atoms with Crippen molar-refractivity contribution >= 4 is 20.7 Å². The minimum atomic E-state index is -0.0157. The number of Topliss-reactive ketones (excluding diaryl/α,β-unsaturated/α-hetero) is 1. The molecule has 3 nitrogen and oxygen atoms in total. The normalized spacial score (nSPS) is 17.2. The molecule has 2 atom stereocenters. The topological polar surface area (TPSA) is 35.5 Å². The zero-order chi connectivity index (χ0) is 19.6. The van der Waals surface area contributed by atoms with Gasteiger partial charge in [0.1, 0.15) is 0 Å². The summed E-state index contributed by atoms with van der Waals surface area (Å²) < 4.78 is 11.3. The molecule has 1 heterocycles. The van der Waals surface area contributed by atoms with Gasteiger partial charge in [0.25, 0.3) is 0 Å². The first-order valence-corrected chi connectivity index (χ1v) is 12.2. The summed E-state index contributed by atoms with van der Waals surface area (Å²) in [6, 6.07) is 20.2. The van der Waals surface area contributed by atoms with Gasteiger partial charge in [-0.2, -0.15) is 0 Å². The number of ether oxygens (including phenoxy) is 2. The predicted molar refractivity (Wildman–Crippen MR) is 114 cm³/mol. The van der Waals surface area contributed by atoms with E-state index in [1.807, 2.05) is 36.4 Å². The molecule has 0 N–H and O–H groups in total. The monoisotopic (exact) mass is 446 g/mol. The Kier molecular flexibility index (Phi) is 8.75. The molecule has 28 heavy (non-hydrogen) atoms. The molecular formula is C24H30O3Se. The van der Waals surface area contributed by atoms with Crippen molar-refractivity contribution in [1.29, 1.82) is 0 Å². The van der Waals surface area contributed by atoms with Crippen molar-refractivity contribution in [2.24, 2.45) is 0 Å². The molecule has 0 radical (unpaired) electrons. The fourth-order valence-corrected chi connectivity index (χ4v) is 6.44. The molecule has 0 saturated carbocycles. The average Bonchev–Trinajstić information content (AvgIpc) is 2.75. The number of benzene rings is 2. The van der Waals surface area contributed by atoms with Crippen LogP contribution in [0.25, 0.3) is 0 Å². The van der Waals surface area contributed by atoms with E-state index in [4.69, 9.17) is 9.47 Å². The van der Waals surface area contributed by atoms with Gasteiger partial charge in [0.05, 0.1) is 0 Å². The Balaban J connectivity index is 1.55. The molecular weight excluding hydrogens is 415 g/mol. The summed E-state index contributed by atoms with van der Waals surface area (Å²) in [7, 11) is 0. The zero-order valence-electron chi connectivity index (χ0n) is 16.6. The molecule has 1 aliphatic heterocycles. The van der Waals surface area contributed by atoms with Crippen LogP contribution in [0.15, 0.2) is 60.7 Å². The van der Waals surface area contributed by atoms with Crippen LogP contribution in [-0.4, -0.2) is 40.2 Å². The van der Waals surface area contributed by atoms with Crippen LogP contribution in [0.3, 0.4) is 0 Å². The molecule has 2 aromatic carbocycles. The maximum atomic E-state index is 12.8. The fourth-order valence-electron chi connectivity index (χ4n) is 3.45. The van der Waals surface area contributed by atoms with E-state index in [0.717, 1.165) is 44.5 Å². The van der Waals surface area contributed by atoms with E-state index in [1.165, 1.54) is 5.56 Å².